The molecule has 0 radical (unpaired) electrons. The average Bonchev–Trinajstić information content (AvgIpc) is 1.76. The molecule has 0 aromatic rings. The Morgan fingerprint density at radius 1 is 0.586 bits per heavy atom. The second-order valence-corrected chi connectivity index (χ2v) is 31.0. The first-order chi connectivity index (χ1) is 46.5. The van der Waals surface area contributed by atoms with Crippen LogP contribution in [0.25, 0.3) is 0 Å². The molecule has 11 atom stereocenters. The lowest BCUT2D eigenvalue weighted by atomic mass is 9.78. The van der Waals surface area contributed by atoms with Crippen molar-refractivity contribution in [3.05, 3.63) is 0 Å². The minimum atomic E-state index is -4.51. The molecule has 6 fully saturated rings. The van der Waals surface area contributed by atoms with Crippen LogP contribution in [0.15, 0.2) is 0 Å². The standard InChI is InChI=1S/C71H116ClF3N12O12/c1-14-46(6)60-67(97)81(9)42-58(90)79(7)43-59(91)82(10)53(32-27-44(2)3)65(95)80(8)41-56(88)76-51(31-29-47-28-30-49(50(72)39-47)71(73,74)75)64(94)87-37-23-26-52(87)63(93)78-70(33-19-20-34-70)69(99)85(13)61(48-24-17-15-18-25-48)68(98)84(12)55(66(96)86-35-21-16-22-36-86)40-57(89)83(11)54(38-45(4)5)62(92)77-60/h44-55,60-61H,14-43H2,1-13H3,(H,76,88)(H,77,92)(H,78,93)/t46-,47?,49?,50?,51-,52-,53-,54-,55-,60-,61-/m0/s1. The van der Waals surface area contributed by atoms with Crippen LogP contribution in [-0.2, 0) is 57.5 Å². The molecule has 0 aromatic carbocycles. The topological polar surface area (TPSA) is 270 Å². The maximum absolute atomic E-state index is 15.8. The molecule has 3 aliphatic heterocycles. The lowest BCUT2D eigenvalue weighted by Gasteiger charge is -2.43. The van der Waals surface area contributed by atoms with Crippen molar-refractivity contribution in [2.75, 3.05) is 88.6 Å². The summed E-state index contributed by atoms with van der Waals surface area (Å²) in [6.07, 6.45) is 3.89. The van der Waals surface area contributed by atoms with Crippen LogP contribution in [0, 0.1) is 35.5 Å². The van der Waals surface area contributed by atoms with Gasteiger partial charge < -0.3 is 60.0 Å². The average molecular weight is 1420 g/mol. The minimum absolute atomic E-state index is 0.00147. The van der Waals surface area contributed by atoms with E-state index in [0.717, 1.165) is 40.4 Å². The quantitative estimate of drug-likeness (QED) is 0.191. The number of fused-ring (bicyclic) bond motifs is 1. The maximum atomic E-state index is 15.8. The molecule has 0 bridgehead atoms. The van der Waals surface area contributed by atoms with Gasteiger partial charge in [0.2, 0.25) is 70.9 Å². The van der Waals surface area contributed by atoms with Crippen molar-refractivity contribution in [3.8, 4) is 0 Å². The van der Waals surface area contributed by atoms with E-state index in [4.69, 9.17) is 11.6 Å². The summed E-state index contributed by atoms with van der Waals surface area (Å²) in [7, 11) is 9.99. The molecule has 24 nitrogen and oxygen atoms in total. The van der Waals surface area contributed by atoms with Crippen LogP contribution >= 0.6 is 11.6 Å². The molecule has 28 heteroatoms. The molecule has 1 spiro atoms. The lowest BCUT2D eigenvalue weighted by Crippen LogP contribution is -2.65. The molecule has 3 unspecified atom stereocenters. The number of carbonyl (C=O) groups excluding carboxylic acids is 12. The molecular formula is C71H116ClF3N12O12. The Labute approximate surface area is 589 Å². The van der Waals surface area contributed by atoms with E-state index in [9.17, 15) is 41.9 Å². The summed E-state index contributed by atoms with van der Waals surface area (Å²) in [5.41, 5.74) is -1.55. The SMILES string of the molecule is CC[C@H](C)[C@@H]1NC(=O)[C@H](CC(C)C)N(C)C(=O)C[C@@H](C(=O)N2CCCCC2)N(C)C(=O)[C@H](C2CCCCC2)N(C)C(=O)C2(CCCC2)NC(=O)[C@@H]2CCCN2C(=O)[C@H](CCC2CCC(C(F)(F)F)C(Cl)C2)NC(=O)CN(C)C(=O)[C@H](CCC(C)C)N(C)C(=O)CN(C)C(=O)CN(C)C1=O. The van der Waals surface area contributed by atoms with Gasteiger partial charge in [-0.2, -0.15) is 13.2 Å². The number of amides is 12. The lowest BCUT2D eigenvalue weighted by molar-refractivity contribution is -0.182. The van der Waals surface area contributed by atoms with Crippen molar-refractivity contribution in [2.45, 2.75) is 255 Å². The first kappa shape index (κ1) is 81.7. The molecule has 99 heavy (non-hydrogen) atoms. The number of halogens is 4. The zero-order valence-electron chi connectivity index (χ0n) is 61.2. The van der Waals surface area contributed by atoms with Crippen LogP contribution in [0.2, 0.25) is 0 Å². The summed E-state index contributed by atoms with van der Waals surface area (Å²) in [5.74, 6) is -10.6. The monoisotopic (exact) mass is 1420 g/mol. The number of alkyl halides is 4. The molecule has 3 N–H and O–H groups in total. The van der Waals surface area contributed by atoms with Gasteiger partial charge in [-0.15, -0.1) is 11.6 Å². The largest absolute Gasteiger partial charge is 0.393 e. The van der Waals surface area contributed by atoms with Gasteiger partial charge in [0.1, 0.15) is 47.8 Å². The van der Waals surface area contributed by atoms with Gasteiger partial charge >= 0.3 is 6.18 Å². The number of rotatable bonds is 12. The highest BCUT2D eigenvalue weighted by atomic mass is 35.5. The van der Waals surface area contributed by atoms with E-state index in [0.29, 0.717) is 70.9 Å². The molecule has 6 aliphatic rings. The fourth-order valence-electron chi connectivity index (χ4n) is 15.6. The molecule has 3 saturated carbocycles. The van der Waals surface area contributed by atoms with E-state index in [1.807, 2.05) is 34.6 Å². The summed E-state index contributed by atoms with van der Waals surface area (Å²) in [4.78, 5) is 190. The fraction of sp³-hybridized carbons (Fsp3) is 0.831. The van der Waals surface area contributed by atoms with Gasteiger partial charge in [0, 0.05) is 74.3 Å². The van der Waals surface area contributed by atoms with Crippen LogP contribution in [0.4, 0.5) is 13.2 Å². The van der Waals surface area contributed by atoms with Crippen molar-refractivity contribution < 1.29 is 70.7 Å². The summed E-state index contributed by atoms with van der Waals surface area (Å²) >= 11 is 6.39. The first-order valence-corrected chi connectivity index (χ1v) is 37.0. The Bertz CT molecular complexity index is 2850. The number of nitrogens with one attached hydrogen (secondary N) is 3. The van der Waals surface area contributed by atoms with Crippen molar-refractivity contribution in [2.24, 2.45) is 35.5 Å². The molecule has 3 heterocycles. The zero-order valence-corrected chi connectivity index (χ0v) is 62.0. The molecular weight excluding hydrogens is 1310 g/mol. The number of likely N-dealkylation sites (N-methyl/N-ethyl adjacent to an activating group) is 7. The van der Waals surface area contributed by atoms with Crippen molar-refractivity contribution in [1.29, 1.82) is 0 Å². The van der Waals surface area contributed by atoms with E-state index in [-0.39, 0.29) is 88.5 Å². The molecule has 3 aliphatic carbocycles. The third kappa shape index (κ3) is 21.2. The van der Waals surface area contributed by atoms with Crippen LogP contribution < -0.4 is 16.0 Å². The van der Waals surface area contributed by atoms with E-state index in [1.54, 1.807) is 11.8 Å². The number of hydrogen-bond donors (Lipinski definition) is 3. The van der Waals surface area contributed by atoms with Gasteiger partial charge in [-0.05, 0) is 139 Å². The van der Waals surface area contributed by atoms with Gasteiger partial charge in [-0.3, -0.25) is 57.5 Å². The van der Waals surface area contributed by atoms with E-state index in [1.165, 1.54) is 73.8 Å². The van der Waals surface area contributed by atoms with E-state index >= 15 is 28.8 Å². The summed E-state index contributed by atoms with van der Waals surface area (Å²) in [6.45, 7) is 10.4. The second-order valence-electron chi connectivity index (χ2n) is 30.5. The smallest absolute Gasteiger partial charge is 0.343 e. The number of nitrogens with zero attached hydrogens (tertiary/aromatic N) is 9. The zero-order chi connectivity index (χ0) is 73.5. The Morgan fingerprint density at radius 3 is 1.79 bits per heavy atom. The molecule has 12 amide bonds. The fourth-order valence-corrected chi connectivity index (χ4v) is 16.2. The molecule has 0 aromatic heterocycles. The number of likely N-dealkylation sites (tertiary alicyclic amines) is 1. The molecule has 560 valence electrons. The van der Waals surface area contributed by atoms with Gasteiger partial charge in [0.05, 0.1) is 32.0 Å². The predicted molar refractivity (Wildman–Crippen MR) is 367 cm³/mol. The highest BCUT2D eigenvalue weighted by Gasteiger charge is 2.52. The van der Waals surface area contributed by atoms with Crippen LogP contribution in [-0.4, -0.2) is 263 Å². The third-order valence-corrected chi connectivity index (χ3v) is 22.7. The van der Waals surface area contributed by atoms with E-state index < -0.39 is 174 Å². The number of hydrogen-bond acceptors (Lipinski definition) is 12. The van der Waals surface area contributed by atoms with Crippen LogP contribution in [0.1, 0.15) is 196 Å². The number of piperidine rings is 1. The van der Waals surface area contributed by atoms with Gasteiger partial charge in [-0.1, -0.05) is 80.1 Å². The van der Waals surface area contributed by atoms with Gasteiger partial charge in [-0.25, -0.2) is 0 Å². The van der Waals surface area contributed by atoms with Crippen LogP contribution in [0.3, 0.4) is 0 Å². The van der Waals surface area contributed by atoms with Crippen LogP contribution in [0.5, 0.6) is 0 Å². The maximum Gasteiger partial charge on any atom is 0.393 e. The summed E-state index contributed by atoms with van der Waals surface area (Å²) in [6, 6.07) is -8.56. The summed E-state index contributed by atoms with van der Waals surface area (Å²) < 4.78 is 42.0. The highest BCUT2D eigenvalue weighted by Crippen LogP contribution is 2.44. The first-order valence-electron chi connectivity index (χ1n) is 36.5. The predicted octanol–water partition coefficient (Wildman–Crippen LogP) is 5.95. The minimum Gasteiger partial charge on any atom is -0.343 e. The Hall–Kier alpha value is -6.28. The summed E-state index contributed by atoms with van der Waals surface area (Å²) in [5, 5.41) is 7.59. The Morgan fingerprint density at radius 2 is 1.19 bits per heavy atom. The third-order valence-electron chi connectivity index (χ3n) is 22.2. The second kappa shape index (κ2) is 36.5. The van der Waals surface area contributed by atoms with Gasteiger partial charge in [0.15, 0.2) is 0 Å². The number of carbonyl (C=O) groups is 12. The van der Waals surface area contributed by atoms with Crippen molar-refractivity contribution in [1.82, 2.24) is 60.0 Å². The Kier molecular flexibility index (Phi) is 30.2. The van der Waals surface area contributed by atoms with Gasteiger partial charge in [0.25, 0.3) is 0 Å². The van der Waals surface area contributed by atoms with Crippen molar-refractivity contribution in [3.63, 3.8) is 0 Å². The highest BCUT2D eigenvalue weighted by molar-refractivity contribution is 6.21. The van der Waals surface area contributed by atoms with Crippen molar-refractivity contribution >= 4 is 82.5 Å². The van der Waals surface area contributed by atoms with E-state index in [2.05, 4.69) is 16.0 Å². The molecule has 6 rings (SSSR count). The Balaban J connectivity index is 1.42. The molecule has 3 saturated heterocycles. The normalized spacial score (nSPS) is 29.2.